The molecule has 1 aromatic carbocycles. The van der Waals surface area contributed by atoms with E-state index in [0.717, 1.165) is 9.37 Å². The number of anilines is 1. The Labute approximate surface area is 127 Å². The second-order valence-electron chi connectivity index (χ2n) is 4.35. The molecule has 1 aliphatic heterocycles. The first kappa shape index (κ1) is 13.4. The van der Waals surface area contributed by atoms with Crippen LogP contribution in [0.4, 0.5) is 5.82 Å². The van der Waals surface area contributed by atoms with Gasteiger partial charge in [-0.15, -0.1) is 0 Å². The van der Waals surface area contributed by atoms with Crippen molar-refractivity contribution in [2.75, 3.05) is 4.90 Å². The molecule has 0 fully saturated rings. The van der Waals surface area contributed by atoms with E-state index in [1.807, 2.05) is 0 Å². The summed E-state index contributed by atoms with van der Waals surface area (Å²) in [5.41, 5.74) is 0.208. The third kappa shape index (κ3) is 2.11. The summed E-state index contributed by atoms with van der Waals surface area (Å²) in [6.45, 7) is 0. The molecule has 0 unspecified atom stereocenters. The van der Waals surface area contributed by atoms with Crippen molar-refractivity contribution in [2.45, 2.75) is 0 Å². The number of fused-ring (bicyclic) bond motifs is 1. The predicted octanol–water partition coefficient (Wildman–Crippen LogP) is 2.34. The van der Waals surface area contributed by atoms with Gasteiger partial charge in [-0.25, -0.2) is 14.7 Å². The van der Waals surface area contributed by atoms with Crippen LogP contribution in [-0.2, 0) is 0 Å². The van der Waals surface area contributed by atoms with Gasteiger partial charge in [0, 0.05) is 10.7 Å². The van der Waals surface area contributed by atoms with Crippen LogP contribution in [0, 0.1) is 0 Å². The Morgan fingerprint density at radius 3 is 2.43 bits per heavy atom. The number of aromatic carboxylic acids is 1. The second-order valence-corrected chi connectivity index (χ2v) is 5.26. The molecule has 104 valence electrons. The molecule has 1 aliphatic rings. The first-order valence-electron chi connectivity index (χ1n) is 5.86. The molecule has 2 aromatic rings. The quantitative estimate of drug-likeness (QED) is 0.843. The molecule has 2 heterocycles. The van der Waals surface area contributed by atoms with E-state index in [0.29, 0.717) is 0 Å². The van der Waals surface area contributed by atoms with Crippen molar-refractivity contribution < 1.29 is 19.5 Å². The van der Waals surface area contributed by atoms with Gasteiger partial charge in [-0.2, -0.15) is 0 Å². The third-order valence-corrected chi connectivity index (χ3v) is 3.54. The molecule has 0 atom stereocenters. The highest BCUT2D eigenvalue weighted by molar-refractivity contribution is 9.10. The average Bonchev–Trinajstić information content (AvgIpc) is 2.72. The topological polar surface area (TPSA) is 87.6 Å². The number of amides is 2. The van der Waals surface area contributed by atoms with Crippen molar-refractivity contribution >= 4 is 39.5 Å². The van der Waals surface area contributed by atoms with E-state index in [-0.39, 0.29) is 22.5 Å². The Bertz CT molecular complexity index is 786. The van der Waals surface area contributed by atoms with Crippen LogP contribution in [0.1, 0.15) is 31.1 Å². The zero-order valence-electron chi connectivity index (χ0n) is 10.4. The largest absolute Gasteiger partial charge is 0.478 e. The van der Waals surface area contributed by atoms with E-state index < -0.39 is 17.8 Å². The lowest BCUT2D eigenvalue weighted by Gasteiger charge is -2.12. The van der Waals surface area contributed by atoms with E-state index in [2.05, 4.69) is 20.9 Å². The highest BCUT2D eigenvalue weighted by Gasteiger charge is 2.37. The van der Waals surface area contributed by atoms with E-state index in [1.54, 1.807) is 6.07 Å². The van der Waals surface area contributed by atoms with Gasteiger partial charge in [0.05, 0.1) is 16.7 Å². The lowest BCUT2D eigenvalue weighted by molar-refractivity contribution is 0.0696. The van der Waals surface area contributed by atoms with Crippen LogP contribution in [-0.4, -0.2) is 27.9 Å². The van der Waals surface area contributed by atoms with Crippen molar-refractivity contribution in [1.29, 1.82) is 0 Å². The molecule has 1 N–H and O–H groups in total. The molecule has 2 amide bonds. The number of benzene rings is 1. The molecule has 21 heavy (non-hydrogen) atoms. The number of hydrogen-bond donors (Lipinski definition) is 1. The molecule has 0 saturated heterocycles. The number of halogens is 1. The van der Waals surface area contributed by atoms with Gasteiger partial charge in [0.15, 0.2) is 0 Å². The Morgan fingerprint density at radius 1 is 1.10 bits per heavy atom. The fourth-order valence-electron chi connectivity index (χ4n) is 2.08. The maximum absolute atomic E-state index is 12.3. The van der Waals surface area contributed by atoms with Crippen molar-refractivity contribution in [3.63, 3.8) is 0 Å². The number of imide groups is 1. The first-order valence-corrected chi connectivity index (χ1v) is 6.66. The zero-order valence-corrected chi connectivity index (χ0v) is 12.0. The summed E-state index contributed by atoms with van der Waals surface area (Å²) >= 11 is 3.22. The fourth-order valence-corrected chi connectivity index (χ4v) is 2.32. The van der Waals surface area contributed by atoms with E-state index in [4.69, 9.17) is 5.11 Å². The molecule has 6 nitrogen and oxygen atoms in total. The number of aromatic nitrogens is 1. The number of pyridine rings is 1. The minimum atomic E-state index is -1.15. The molecule has 0 spiro atoms. The van der Waals surface area contributed by atoms with Crippen molar-refractivity contribution in [2.24, 2.45) is 0 Å². The van der Waals surface area contributed by atoms with Gasteiger partial charge < -0.3 is 5.11 Å². The van der Waals surface area contributed by atoms with E-state index in [1.165, 1.54) is 30.5 Å². The molecular formula is C14H7BrN2O4. The molecule has 0 aliphatic carbocycles. The Balaban J connectivity index is 2.08. The van der Waals surface area contributed by atoms with Crippen LogP contribution in [0.2, 0.25) is 0 Å². The molecular weight excluding hydrogens is 340 g/mol. The van der Waals surface area contributed by atoms with Crippen LogP contribution in [0.15, 0.2) is 41.0 Å². The summed E-state index contributed by atoms with van der Waals surface area (Å²) in [5.74, 6) is -2.05. The summed E-state index contributed by atoms with van der Waals surface area (Å²) in [4.78, 5) is 40.5. The predicted molar refractivity (Wildman–Crippen MR) is 76.5 cm³/mol. The standard InChI is InChI=1S/C14H7BrN2O4/c15-8-2-4-11(16-6-8)17-12(18)9-3-1-7(14(20)21)5-10(9)13(17)19/h1-6H,(H,20,21). The number of carbonyl (C=O) groups is 3. The van der Waals surface area contributed by atoms with Crippen LogP contribution in [0.3, 0.4) is 0 Å². The number of carboxylic acids is 1. The van der Waals surface area contributed by atoms with Crippen LogP contribution in [0.25, 0.3) is 0 Å². The van der Waals surface area contributed by atoms with Crippen LogP contribution in [0.5, 0.6) is 0 Å². The zero-order chi connectivity index (χ0) is 15.1. The van der Waals surface area contributed by atoms with Crippen molar-refractivity contribution in [1.82, 2.24) is 4.98 Å². The van der Waals surface area contributed by atoms with E-state index >= 15 is 0 Å². The SMILES string of the molecule is O=C(O)c1ccc2c(c1)C(=O)N(c1ccc(Br)cn1)C2=O. The number of carboxylic acid groups (broad SMARTS) is 1. The minimum Gasteiger partial charge on any atom is -0.478 e. The summed E-state index contributed by atoms with van der Waals surface area (Å²) in [6, 6.07) is 7.04. The molecule has 0 saturated carbocycles. The van der Waals surface area contributed by atoms with Gasteiger partial charge in [0.1, 0.15) is 5.82 Å². The summed E-state index contributed by atoms with van der Waals surface area (Å²) in [7, 11) is 0. The van der Waals surface area contributed by atoms with Gasteiger partial charge in [-0.05, 0) is 46.3 Å². The second kappa shape index (κ2) is 4.78. The molecule has 7 heteroatoms. The highest BCUT2D eigenvalue weighted by Crippen LogP contribution is 2.28. The summed E-state index contributed by atoms with van der Waals surface area (Å²) in [6.07, 6.45) is 1.47. The maximum atomic E-state index is 12.3. The van der Waals surface area contributed by atoms with Crippen molar-refractivity contribution in [3.8, 4) is 0 Å². The number of nitrogens with zero attached hydrogens (tertiary/aromatic N) is 2. The van der Waals surface area contributed by atoms with E-state index in [9.17, 15) is 14.4 Å². The minimum absolute atomic E-state index is 0.0412. The van der Waals surface area contributed by atoms with Gasteiger partial charge in [0.25, 0.3) is 11.8 Å². The van der Waals surface area contributed by atoms with Crippen molar-refractivity contribution in [3.05, 3.63) is 57.7 Å². The highest BCUT2D eigenvalue weighted by atomic mass is 79.9. The smallest absolute Gasteiger partial charge is 0.335 e. The van der Waals surface area contributed by atoms with Gasteiger partial charge >= 0.3 is 5.97 Å². The third-order valence-electron chi connectivity index (χ3n) is 3.07. The average molecular weight is 347 g/mol. The monoisotopic (exact) mass is 346 g/mol. The first-order chi connectivity index (χ1) is 9.99. The van der Waals surface area contributed by atoms with Gasteiger partial charge in [-0.1, -0.05) is 0 Å². The van der Waals surface area contributed by atoms with Gasteiger partial charge in [-0.3, -0.25) is 9.59 Å². The molecule has 1 aromatic heterocycles. The normalized spacial score (nSPS) is 13.5. The van der Waals surface area contributed by atoms with Gasteiger partial charge in [0.2, 0.25) is 0 Å². The lowest BCUT2D eigenvalue weighted by Crippen LogP contribution is -2.30. The Hall–Kier alpha value is -2.54. The summed E-state index contributed by atoms with van der Waals surface area (Å²) in [5, 5.41) is 8.95. The van der Waals surface area contributed by atoms with Crippen LogP contribution >= 0.6 is 15.9 Å². The fraction of sp³-hybridized carbons (Fsp3) is 0. The number of hydrogen-bond acceptors (Lipinski definition) is 4. The molecule has 0 bridgehead atoms. The number of rotatable bonds is 2. The lowest BCUT2D eigenvalue weighted by atomic mass is 10.1. The summed E-state index contributed by atoms with van der Waals surface area (Å²) < 4.78 is 0.719. The maximum Gasteiger partial charge on any atom is 0.335 e. The van der Waals surface area contributed by atoms with Crippen LogP contribution < -0.4 is 4.90 Å². The Morgan fingerprint density at radius 2 is 1.81 bits per heavy atom. The molecule has 0 radical (unpaired) electrons. The Kier molecular flexibility index (Phi) is 3.06. The molecule has 3 rings (SSSR count). The number of carbonyl (C=O) groups excluding carboxylic acids is 2.